The van der Waals surface area contributed by atoms with E-state index in [1.165, 1.54) is 11.0 Å². The summed E-state index contributed by atoms with van der Waals surface area (Å²) in [5.74, 6) is -0.252. The number of benzene rings is 3. The van der Waals surface area contributed by atoms with Gasteiger partial charge in [-0.05, 0) is 78.8 Å². The first-order valence-electron chi connectivity index (χ1n) is 21.1. The summed E-state index contributed by atoms with van der Waals surface area (Å²) in [6.45, 7) is 15.1. The van der Waals surface area contributed by atoms with Crippen LogP contribution < -0.4 is 19.9 Å². The van der Waals surface area contributed by atoms with E-state index in [1.54, 1.807) is 24.3 Å². The van der Waals surface area contributed by atoms with E-state index in [4.69, 9.17) is 16.3 Å². The van der Waals surface area contributed by atoms with Crippen LogP contribution in [0.5, 0.6) is 5.75 Å². The van der Waals surface area contributed by atoms with Crippen LogP contribution in [-0.4, -0.2) is 102 Å². The molecule has 12 nitrogen and oxygen atoms in total. The average molecular weight is 836 g/mol. The van der Waals surface area contributed by atoms with E-state index in [-0.39, 0.29) is 65.9 Å². The number of piperazine rings is 1. The monoisotopic (exact) mass is 835 g/mol. The fourth-order valence-electron chi connectivity index (χ4n) is 11.5. The SMILES string of the molecule is CC1(C)[C@H](Oc2ccc(C#N)c(Cl)c2)C(C)(C)[C@H]1N1Cc2cc(N3CCC(CN4CCN(c5cc6c(cc5F)CN(C5CCC(=O)NC5=O)C6=O)CC4)CC3)ccc2C1=O. The number of piperidine rings is 2. The van der Waals surface area contributed by atoms with Gasteiger partial charge in [0.15, 0.2) is 0 Å². The van der Waals surface area contributed by atoms with Gasteiger partial charge in [-0.2, -0.15) is 5.26 Å². The van der Waals surface area contributed by atoms with Crippen LogP contribution in [-0.2, 0) is 22.7 Å². The molecule has 314 valence electrons. The molecule has 1 aliphatic carbocycles. The van der Waals surface area contributed by atoms with Gasteiger partial charge in [0.25, 0.3) is 11.8 Å². The zero-order chi connectivity index (χ0) is 42.2. The fourth-order valence-corrected chi connectivity index (χ4v) is 11.7. The molecule has 0 spiro atoms. The van der Waals surface area contributed by atoms with Crippen LogP contribution >= 0.6 is 11.6 Å². The standard InChI is InChI=1S/C46H51ClFN7O5/c1-45(2)43(46(3,4)44(45)60-32-7-5-28(23-49)35(47)21-32)55-26-29-19-31(6-8-33(29)41(55)58)52-13-11-27(12-14-52)24-51-15-17-53(18-16-51)38-22-34-30(20-36(38)48)25-54(42(34)59)37-9-10-39(56)50-40(37)57/h5-8,19-22,27,37,43-44H,9-18,24-26H2,1-4H3,(H,50,56,57)/t37?,43-,44-. The van der Waals surface area contributed by atoms with Crippen molar-refractivity contribution in [2.45, 2.75) is 84.7 Å². The minimum Gasteiger partial charge on any atom is -0.489 e. The molecule has 1 atom stereocenters. The number of nitrogens with one attached hydrogen (secondary N) is 1. The van der Waals surface area contributed by atoms with Gasteiger partial charge in [0.2, 0.25) is 11.8 Å². The molecule has 0 bridgehead atoms. The molecule has 14 heteroatoms. The Bertz CT molecular complexity index is 2310. The molecule has 5 aliphatic heterocycles. The lowest BCUT2D eigenvalue weighted by atomic mass is 9.49. The number of fused-ring (bicyclic) bond motifs is 2. The van der Waals surface area contributed by atoms with Crippen LogP contribution in [0.4, 0.5) is 15.8 Å². The summed E-state index contributed by atoms with van der Waals surface area (Å²) in [7, 11) is 0. The molecule has 0 aromatic heterocycles. The quantitative estimate of drug-likeness (QED) is 0.272. The number of amides is 4. The summed E-state index contributed by atoms with van der Waals surface area (Å²) in [6, 6.07) is 15.8. The minimum absolute atomic E-state index is 0.0423. The highest BCUT2D eigenvalue weighted by atomic mass is 35.5. The van der Waals surface area contributed by atoms with E-state index in [0.29, 0.717) is 58.7 Å². The second-order valence-corrected chi connectivity index (χ2v) is 19.1. The molecule has 4 fully saturated rings. The molecule has 60 heavy (non-hydrogen) atoms. The zero-order valence-corrected chi connectivity index (χ0v) is 35.4. The molecule has 1 N–H and O–H groups in total. The predicted octanol–water partition coefficient (Wildman–Crippen LogP) is 5.99. The minimum atomic E-state index is -0.729. The second-order valence-electron chi connectivity index (χ2n) is 18.6. The Morgan fingerprint density at radius 1 is 0.817 bits per heavy atom. The zero-order valence-electron chi connectivity index (χ0n) is 34.6. The lowest BCUT2D eigenvalue weighted by molar-refractivity contribution is -0.199. The molecule has 4 amide bonds. The van der Waals surface area contributed by atoms with E-state index < -0.39 is 11.9 Å². The molecule has 0 radical (unpaired) electrons. The van der Waals surface area contributed by atoms with Gasteiger partial charge in [0.1, 0.15) is 29.8 Å². The number of nitrogens with zero attached hydrogens (tertiary/aromatic N) is 6. The lowest BCUT2D eigenvalue weighted by Gasteiger charge is -2.65. The Morgan fingerprint density at radius 3 is 2.18 bits per heavy atom. The lowest BCUT2D eigenvalue weighted by Crippen LogP contribution is -2.74. The van der Waals surface area contributed by atoms with Gasteiger partial charge in [0, 0.05) is 105 Å². The van der Waals surface area contributed by atoms with Gasteiger partial charge in [0.05, 0.1) is 16.3 Å². The second kappa shape index (κ2) is 15.1. The summed E-state index contributed by atoms with van der Waals surface area (Å²) < 4.78 is 22.0. The normalized spacial score (nSPS) is 25.2. The van der Waals surface area contributed by atoms with Crippen molar-refractivity contribution in [3.05, 3.63) is 87.2 Å². The van der Waals surface area contributed by atoms with Gasteiger partial charge in [-0.15, -0.1) is 0 Å². The number of rotatable bonds is 8. The third kappa shape index (κ3) is 6.85. The summed E-state index contributed by atoms with van der Waals surface area (Å²) >= 11 is 6.31. The van der Waals surface area contributed by atoms with Crippen LogP contribution in [0.2, 0.25) is 5.02 Å². The predicted molar refractivity (Wildman–Crippen MR) is 224 cm³/mol. The maximum atomic E-state index is 15.5. The number of imide groups is 1. The number of halogens is 2. The van der Waals surface area contributed by atoms with Crippen molar-refractivity contribution >= 4 is 46.6 Å². The number of ether oxygens (including phenoxy) is 1. The summed E-state index contributed by atoms with van der Waals surface area (Å²) in [4.78, 5) is 61.8. The molecule has 1 saturated carbocycles. The number of nitriles is 1. The van der Waals surface area contributed by atoms with Crippen LogP contribution in [0, 0.1) is 33.9 Å². The van der Waals surface area contributed by atoms with Crippen LogP contribution in [0.3, 0.4) is 0 Å². The Morgan fingerprint density at radius 2 is 1.50 bits per heavy atom. The van der Waals surface area contributed by atoms with Gasteiger partial charge >= 0.3 is 0 Å². The summed E-state index contributed by atoms with van der Waals surface area (Å²) in [5.41, 5.74) is 4.13. The van der Waals surface area contributed by atoms with E-state index in [2.05, 4.69) is 61.0 Å². The fraction of sp³-hybridized carbons (Fsp3) is 0.500. The molecule has 9 rings (SSSR count). The first kappa shape index (κ1) is 40.2. The number of hydrogen-bond donors (Lipinski definition) is 1. The highest BCUT2D eigenvalue weighted by Gasteiger charge is 2.67. The maximum Gasteiger partial charge on any atom is 0.255 e. The molecule has 3 aromatic rings. The Hall–Kier alpha value is -5.19. The van der Waals surface area contributed by atoms with Gasteiger partial charge in [-0.3, -0.25) is 29.4 Å². The smallest absolute Gasteiger partial charge is 0.255 e. The number of hydrogen-bond acceptors (Lipinski definition) is 9. The van der Waals surface area contributed by atoms with E-state index in [0.717, 1.165) is 62.4 Å². The third-order valence-electron chi connectivity index (χ3n) is 14.1. The number of carbonyl (C=O) groups excluding carboxylic acids is 4. The summed E-state index contributed by atoms with van der Waals surface area (Å²) in [5, 5.41) is 12.0. The first-order chi connectivity index (χ1) is 28.6. The largest absolute Gasteiger partial charge is 0.489 e. The third-order valence-corrected chi connectivity index (χ3v) is 14.4. The molecule has 3 aromatic carbocycles. The topological polar surface area (TPSA) is 130 Å². The maximum absolute atomic E-state index is 15.5. The molecule has 1 unspecified atom stereocenters. The molecule has 5 heterocycles. The van der Waals surface area contributed by atoms with Crippen molar-refractivity contribution in [3.8, 4) is 11.8 Å². The molecular weight excluding hydrogens is 785 g/mol. The van der Waals surface area contributed by atoms with E-state index >= 15 is 4.39 Å². The van der Waals surface area contributed by atoms with Gasteiger partial charge in [-0.1, -0.05) is 39.3 Å². The van der Waals surface area contributed by atoms with Crippen LogP contribution in [0.15, 0.2) is 48.5 Å². The molecule has 6 aliphatic rings. The van der Waals surface area contributed by atoms with E-state index in [1.807, 2.05) is 15.9 Å². The Kier molecular flexibility index (Phi) is 10.1. The van der Waals surface area contributed by atoms with Crippen molar-refractivity contribution < 1.29 is 28.3 Å². The van der Waals surface area contributed by atoms with Gasteiger partial charge in [-0.25, -0.2) is 4.39 Å². The average Bonchev–Trinajstić information content (AvgIpc) is 3.70. The Balaban J connectivity index is 0.769. The van der Waals surface area contributed by atoms with Crippen molar-refractivity contribution in [2.75, 3.05) is 55.6 Å². The highest BCUT2D eigenvalue weighted by molar-refractivity contribution is 6.31. The van der Waals surface area contributed by atoms with Crippen molar-refractivity contribution in [2.24, 2.45) is 16.7 Å². The van der Waals surface area contributed by atoms with Crippen molar-refractivity contribution in [1.82, 2.24) is 20.0 Å². The van der Waals surface area contributed by atoms with Crippen LogP contribution in [0.1, 0.15) is 90.8 Å². The molecular formula is C46H51ClFN7O5. The van der Waals surface area contributed by atoms with Gasteiger partial charge < -0.3 is 24.3 Å². The van der Waals surface area contributed by atoms with Crippen LogP contribution in [0.25, 0.3) is 0 Å². The number of carbonyl (C=O) groups is 4. The van der Waals surface area contributed by atoms with E-state index in [9.17, 15) is 24.4 Å². The first-order valence-corrected chi connectivity index (χ1v) is 21.5. The van der Waals surface area contributed by atoms with Crippen molar-refractivity contribution in [1.29, 1.82) is 5.26 Å². The summed E-state index contributed by atoms with van der Waals surface area (Å²) in [6.07, 6.45) is 2.40. The molecule has 3 saturated heterocycles. The highest BCUT2D eigenvalue weighted by Crippen LogP contribution is 2.59. The number of anilines is 2. The van der Waals surface area contributed by atoms with Crippen molar-refractivity contribution in [3.63, 3.8) is 0 Å². The Labute approximate surface area is 355 Å².